The van der Waals surface area contributed by atoms with Gasteiger partial charge in [-0.05, 0) is 25.1 Å². The first kappa shape index (κ1) is 13.2. The van der Waals surface area contributed by atoms with Gasteiger partial charge in [0.1, 0.15) is 17.1 Å². The number of fused-ring (bicyclic) bond motifs is 1. The summed E-state index contributed by atoms with van der Waals surface area (Å²) in [7, 11) is 0. The lowest BCUT2D eigenvalue weighted by atomic mass is 10.2. The van der Waals surface area contributed by atoms with E-state index in [1.165, 1.54) is 18.5 Å². The fourth-order valence-corrected chi connectivity index (χ4v) is 2.12. The topological polar surface area (TPSA) is 75.4 Å². The minimum absolute atomic E-state index is 0.0426. The molecule has 0 bridgehead atoms. The van der Waals surface area contributed by atoms with Crippen molar-refractivity contribution < 1.29 is 14.3 Å². The molecule has 3 aromatic rings. The van der Waals surface area contributed by atoms with Crippen LogP contribution in [-0.4, -0.2) is 16.0 Å². The number of hydrogen-bond donors (Lipinski definition) is 2. The number of furan rings is 1. The van der Waals surface area contributed by atoms with Crippen LogP contribution in [0.15, 0.2) is 53.2 Å². The van der Waals surface area contributed by atoms with Crippen molar-refractivity contribution >= 4 is 16.9 Å². The average Bonchev–Trinajstić information content (AvgIpc) is 2.91. The van der Waals surface area contributed by atoms with Gasteiger partial charge >= 0.3 is 0 Å². The zero-order chi connectivity index (χ0) is 14.8. The van der Waals surface area contributed by atoms with Crippen molar-refractivity contribution in [2.24, 2.45) is 0 Å². The Morgan fingerprint density at radius 1 is 1.29 bits per heavy atom. The molecule has 0 aliphatic carbocycles. The third kappa shape index (κ3) is 2.72. The largest absolute Gasteiger partial charge is 0.506 e. The molecular weight excluding hydrogens is 268 g/mol. The highest BCUT2D eigenvalue weighted by molar-refractivity contribution is 5.94. The molecular formula is C16H14N2O3. The first-order valence-electron chi connectivity index (χ1n) is 6.57. The Balaban J connectivity index is 1.79. The molecule has 5 nitrogen and oxygen atoms in total. The predicted molar refractivity (Wildman–Crippen MR) is 78.0 cm³/mol. The van der Waals surface area contributed by atoms with Gasteiger partial charge in [-0.2, -0.15) is 0 Å². The van der Waals surface area contributed by atoms with Gasteiger partial charge in [-0.3, -0.25) is 9.78 Å². The summed E-state index contributed by atoms with van der Waals surface area (Å²) in [4.78, 5) is 15.9. The number of nitrogens with zero attached hydrogens (tertiary/aromatic N) is 1. The minimum Gasteiger partial charge on any atom is -0.506 e. The number of rotatable bonds is 3. The Bertz CT molecular complexity index is 762. The molecule has 1 aromatic carbocycles. The normalized spacial score (nSPS) is 12.2. The van der Waals surface area contributed by atoms with Crippen LogP contribution >= 0.6 is 0 Å². The van der Waals surface area contributed by atoms with Crippen molar-refractivity contribution in [3.8, 4) is 5.75 Å². The van der Waals surface area contributed by atoms with Gasteiger partial charge in [0, 0.05) is 11.6 Å². The molecule has 1 unspecified atom stereocenters. The second-order valence-corrected chi connectivity index (χ2v) is 4.81. The first-order chi connectivity index (χ1) is 10.1. The van der Waals surface area contributed by atoms with E-state index in [0.29, 0.717) is 11.3 Å². The number of carbonyl (C=O) groups excluding carboxylic acids is 1. The van der Waals surface area contributed by atoms with Crippen LogP contribution in [0, 0.1) is 0 Å². The molecule has 0 saturated carbocycles. The van der Waals surface area contributed by atoms with Gasteiger partial charge < -0.3 is 14.8 Å². The number of aromatic hydroxyl groups is 1. The predicted octanol–water partition coefficient (Wildman–Crippen LogP) is 3.02. The zero-order valence-corrected chi connectivity index (χ0v) is 11.4. The molecule has 21 heavy (non-hydrogen) atoms. The van der Waals surface area contributed by atoms with Crippen LogP contribution in [0.2, 0.25) is 0 Å². The number of pyridine rings is 1. The number of benzene rings is 1. The number of para-hydroxylation sites is 1. The van der Waals surface area contributed by atoms with Gasteiger partial charge in [0.25, 0.3) is 5.91 Å². The third-order valence-corrected chi connectivity index (χ3v) is 3.20. The number of amides is 1. The molecule has 0 radical (unpaired) electrons. The lowest BCUT2D eigenvalue weighted by Crippen LogP contribution is -2.26. The molecule has 1 atom stereocenters. The quantitative estimate of drug-likeness (QED) is 0.774. The molecule has 0 aliphatic heterocycles. The summed E-state index contributed by atoms with van der Waals surface area (Å²) in [5.74, 6) is 0.322. The highest BCUT2D eigenvalue weighted by Crippen LogP contribution is 2.23. The van der Waals surface area contributed by atoms with Crippen molar-refractivity contribution in [1.82, 2.24) is 10.3 Å². The maximum atomic E-state index is 12.1. The maximum Gasteiger partial charge on any atom is 0.253 e. The van der Waals surface area contributed by atoms with Gasteiger partial charge in [-0.25, -0.2) is 0 Å². The number of nitrogens with one attached hydrogen (secondary N) is 1. The minimum atomic E-state index is -0.314. The van der Waals surface area contributed by atoms with Gasteiger partial charge in [-0.1, -0.05) is 18.2 Å². The summed E-state index contributed by atoms with van der Waals surface area (Å²) in [6.07, 6.45) is 2.68. The van der Waals surface area contributed by atoms with Crippen molar-refractivity contribution in [2.75, 3.05) is 0 Å². The monoisotopic (exact) mass is 282 g/mol. The van der Waals surface area contributed by atoms with Crippen LogP contribution in [0.5, 0.6) is 5.75 Å². The molecule has 0 saturated heterocycles. The average molecular weight is 282 g/mol. The summed E-state index contributed by atoms with van der Waals surface area (Å²) in [5, 5.41) is 13.2. The summed E-state index contributed by atoms with van der Waals surface area (Å²) < 4.78 is 5.71. The van der Waals surface area contributed by atoms with E-state index >= 15 is 0 Å². The van der Waals surface area contributed by atoms with Crippen LogP contribution in [0.25, 0.3) is 11.0 Å². The van der Waals surface area contributed by atoms with Crippen molar-refractivity contribution in [2.45, 2.75) is 13.0 Å². The lowest BCUT2D eigenvalue weighted by molar-refractivity contribution is 0.0935. The van der Waals surface area contributed by atoms with Crippen LogP contribution in [0.3, 0.4) is 0 Å². The van der Waals surface area contributed by atoms with Crippen molar-refractivity contribution in [3.63, 3.8) is 0 Å². The number of aromatic nitrogens is 1. The van der Waals surface area contributed by atoms with E-state index in [2.05, 4.69) is 10.3 Å². The van der Waals surface area contributed by atoms with Crippen LogP contribution < -0.4 is 5.32 Å². The molecule has 106 valence electrons. The Morgan fingerprint density at radius 2 is 2.10 bits per heavy atom. The lowest BCUT2D eigenvalue weighted by Gasteiger charge is -2.11. The molecule has 0 fully saturated rings. The standard InChI is InChI=1S/C16H14N2O3/c1-10(15-7-11-4-2-3-5-14(11)21-15)18-16(20)12-6-13(19)9-17-8-12/h2-10,19H,1H3,(H,18,20). The Hall–Kier alpha value is -2.82. The first-order valence-corrected chi connectivity index (χ1v) is 6.57. The van der Waals surface area contributed by atoms with Crippen molar-refractivity contribution in [3.05, 3.63) is 60.1 Å². The highest BCUT2D eigenvalue weighted by Gasteiger charge is 2.15. The molecule has 0 spiro atoms. The second-order valence-electron chi connectivity index (χ2n) is 4.81. The van der Waals surface area contributed by atoms with E-state index in [0.717, 1.165) is 11.0 Å². The molecule has 1 amide bonds. The Kier molecular flexibility index (Phi) is 3.31. The van der Waals surface area contributed by atoms with Gasteiger partial charge in [0.2, 0.25) is 0 Å². The molecule has 3 rings (SSSR count). The van der Waals surface area contributed by atoms with Gasteiger partial charge in [-0.15, -0.1) is 0 Å². The highest BCUT2D eigenvalue weighted by atomic mass is 16.3. The summed E-state index contributed by atoms with van der Waals surface area (Å²) in [6.45, 7) is 1.84. The zero-order valence-electron chi connectivity index (χ0n) is 11.4. The fourth-order valence-electron chi connectivity index (χ4n) is 2.12. The molecule has 5 heteroatoms. The Labute approximate surface area is 121 Å². The van der Waals surface area contributed by atoms with Gasteiger partial charge in [0.05, 0.1) is 17.8 Å². The maximum absolute atomic E-state index is 12.1. The molecule has 2 heterocycles. The van der Waals surface area contributed by atoms with E-state index in [-0.39, 0.29) is 17.7 Å². The SMILES string of the molecule is CC(NC(=O)c1cncc(O)c1)c1cc2ccccc2o1. The smallest absolute Gasteiger partial charge is 0.253 e. The van der Waals surface area contributed by atoms with E-state index in [9.17, 15) is 9.90 Å². The fraction of sp³-hybridized carbons (Fsp3) is 0.125. The van der Waals surface area contributed by atoms with Crippen molar-refractivity contribution in [1.29, 1.82) is 0 Å². The third-order valence-electron chi connectivity index (χ3n) is 3.20. The van der Waals surface area contributed by atoms with E-state index < -0.39 is 0 Å². The molecule has 2 aromatic heterocycles. The Morgan fingerprint density at radius 3 is 2.86 bits per heavy atom. The van der Waals surface area contributed by atoms with E-state index in [4.69, 9.17) is 4.42 Å². The van der Waals surface area contributed by atoms with Crippen LogP contribution in [0.4, 0.5) is 0 Å². The number of hydrogen-bond acceptors (Lipinski definition) is 4. The summed E-state index contributed by atoms with van der Waals surface area (Å²) >= 11 is 0. The molecule has 0 aliphatic rings. The summed E-state index contributed by atoms with van der Waals surface area (Å²) in [5.41, 5.74) is 1.09. The van der Waals surface area contributed by atoms with E-state index in [1.54, 1.807) is 0 Å². The van der Waals surface area contributed by atoms with Crippen LogP contribution in [0.1, 0.15) is 29.1 Å². The van der Waals surface area contributed by atoms with Crippen LogP contribution in [-0.2, 0) is 0 Å². The van der Waals surface area contributed by atoms with E-state index in [1.807, 2.05) is 37.3 Å². The molecule has 2 N–H and O–H groups in total. The number of carbonyl (C=O) groups is 1. The summed E-state index contributed by atoms with van der Waals surface area (Å²) in [6, 6.07) is 10.7. The second kappa shape index (κ2) is 5.28. The van der Waals surface area contributed by atoms with Gasteiger partial charge in [0.15, 0.2) is 0 Å².